The van der Waals surface area contributed by atoms with Crippen LogP contribution >= 0.6 is 0 Å². The Bertz CT molecular complexity index is 286. The summed E-state index contributed by atoms with van der Waals surface area (Å²) in [4.78, 5) is 13.7. The number of furan rings is 1. The number of rotatable bonds is 2. The van der Waals surface area contributed by atoms with Crippen LogP contribution in [0.3, 0.4) is 0 Å². The summed E-state index contributed by atoms with van der Waals surface area (Å²) >= 11 is 0. The molecular weight excluding hydrogens is 178 g/mol. The molecule has 3 nitrogen and oxygen atoms in total. The number of nitrogens with zero attached hydrogens (tertiary/aromatic N) is 1. The SMILES string of the molecule is O=C(Cc1ccco1)N1CCCCC1. The number of piperidine rings is 1. The van der Waals surface area contributed by atoms with Crippen molar-refractivity contribution in [1.82, 2.24) is 4.90 Å². The molecule has 0 spiro atoms. The summed E-state index contributed by atoms with van der Waals surface area (Å²) in [7, 11) is 0. The standard InChI is InChI=1S/C11H15NO2/c13-11(9-10-5-4-8-14-10)12-6-2-1-3-7-12/h4-5,8H,1-3,6-7,9H2. The molecule has 0 aromatic carbocycles. The van der Waals surface area contributed by atoms with Crippen molar-refractivity contribution in [2.24, 2.45) is 0 Å². The molecule has 14 heavy (non-hydrogen) atoms. The Morgan fingerprint density at radius 2 is 2.14 bits per heavy atom. The van der Waals surface area contributed by atoms with E-state index >= 15 is 0 Å². The first kappa shape index (κ1) is 9.31. The van der Waals surface area contributed by atoms with E-state index < -0.39 is 0 Å². The first-order valence-corrected chi connectivity index (χ1v) is 5.16. The van der Waals surface area contributed by atoms with Crippen LogP contribution in [0, 0.1) is 0 Å². The average Bonchev–Trinajstić information content (AvgIpc) is 2.72. The summed E-state index contributed by atoms with van der Waals surface area (Å²) in [5, 5.41) is 0. The van der Waals surface area contributed by atoms with Crippen molar-refractivity contribution in [1.29, 1.82) is 0 Å². The third kappa shape index (κ3) is 2.16. The van der Waals surface area contributed by atoms with E-state index in [1.54, 1.807) is 6.26 Å². The lowest BCUT2D eigenvalue weighted by molar-refractivity contribution is -0.131. The van der Waals surface area contributed by atoms with Crippen molar-refractivity contribution < 1.29 is 9.21 Å². The largest absolute Gasteiger partial charge is 0.469 e. The van der Waals surface area contributed by atoms with Crippen molar-refractivity contribution in [2.75, 3.05) is 13.1 Å². The molecule has 1 saturated heterocycles. The number of amides is 1. The first-order chi connectivity index (χ1) is 6.86. The lowest BCUT2D eigenvalue weighted by Crippen LogP contribution is -2.36. The predicted molar refractivity (Wildman–Crippen MR) is 52.8 cm³/mol. The van der Waals surface area contributed by atoms with E-state index in [4.69, 9.17) is 4.42 Å². The van der Waals surface area contributed by atoms with E-state index in [-0.39, 0.29) is 5.91 Å². The Morgan fingerprint density at radius 1 is 1.36 bits per heavy atom. The fourth-order valence-electron chi connectivity index (χ4n) is 1.82. The van der Waals surface area contributed by atoms with E-state index in [2.05, 4.69) is 0 Å². The second-order valence-corrected chi connectivity index (χ2v) is 3.70. The third-order valence-corrected chi connectivity index (χ3v) is 2.61. The fourth-order valence-corrected chi connectivity index (χ4v) is 1.82. The Morgan fingerprint density at radius 3 is 2.79 bits per heavy atom. The van der Waals surface area contributed by atoms with Crippen molar-refractivity contribution >= 4 is 5.91 Å². The molecule has 0 unspecified atom stereocenters. The van der Waals surface area contributed by atoms with Crippen molar-refractivity contribution in [3.8, 4) is 0 Å². The number of hydrogen-bond acceptors (Lipinski definition) is 2. The number of likely N-dealkylation sites (tertiary alicyclic amines) is 1. The minimum atomic E-state index is 0.194. The van der Waals surface area contributed by atoms with E-state index in [9.17, 15) is 4.79 Å². The van der Waals surface area contributed by atoms with Crippen molar-refractivity contribution in [3.05, 3.63) is 24.2 Å². The molecule has 3 heteroatoms. The van der Waals surface area contributed by atoms with Gasteiger partial charge in [-0.2, -0.15) is 0 Å². The Balaban J connectivity index is 1.88. The van der Waals surface area contributed by atoms with E-state index in [0.29, 0.717) is 6.42 Å². The summed E-state index contributed by atoms with van der Waals surface area (Å²) in [6.45, 7) is 1.83. The number of carbonyl (C=O) groups is 1. The summed E-state index contributed by atoms with van der Waals surface area (Å²) < 4.78 is 5.15. The molecule has 1 aliphatic rings. The van der Waals surface area contributed by atoms with Gasteiger partial charge in [-0.25, -0.2) is 0 Å². The van der Waals surface area contributed by atoms with Gasteiger partial charge in [-0.1, -0.05) is 0 Å². The molecule has 1 aromatic rings. The second kappa shape index (κ2) is 4.31. The van der Waals surface area contributed by atoms with Gasteiger partial charge < -0.3 is 9.32 Å². The molecule has 0 atom stereocenters. The van der Waals surface area contributed by atoms with Crippen LogP contribution in [-0.4, -0.2) is 23.9 Å². The lowest BCUT2D eigenvalue weighted by atomic mass is 10.1. The summed E-state index contributed by atoms with van der Waals surface area (Å²) in [5.74, 6) is 0.959. The predicted octanol–water partition coefficient (Wildman–Crippen LogP) is 1.83. The molecular formula is C11H15NO2. The van der Waals surface area contributed by atoms with Gasteiger partial charge >= 0.3 is 0 Å². The lowest BCUT2D eigenvalue weighted by Gasteiger charge is -2.26. The van der Waals surface area contributed by atoms with E-state index in [0.717, 1.165) is 31.7 Å². The van der Waals surface area contributed by atoms with Crippen LogP contribution in [0.1, 0.15) is 25.0 Å². The monoisotopic (exact) mass is 193 g/mol. The highest BCUT2D eigenvalue weighted by Gasteiger charge is 2.17. The zero-order valence-electron chi connectivity index (χ0n) is 8.24. The maximum absolute atomic E-state index is 11.7. The number of hydrogen-bond donors (Lipinski definition) is 0. The quantitative estimate of drug-likeness (QED) is 0.718. The van der Waals surface area contributed by atoms with Crippen LogP contribution in [0.4, 0.5) is 0 Å². The van der Waals surface area contributed by atoms with Gasteiger partial charge in [0, 0.05) is 13.1 Å². The molecule has 1 aromatic heterocycles. The molecule has 1 amide bonds. The highest BCUT2D eigenvalue weighted by Crippen LogP contribution is 2.11. The first-order valence-electron chi connectivity index (χ1n) is 5.16. The summed E-state index contributed by atoms with van der Waals surface area (Å²) in [6.07, 6.45) is 5.56. The maximum atomic E-state index is 11.7. The molecule has 0 radical (unpaired) electrons. The van der Waals surface area contributed by atoms with Gasteiger partial charge in [0.1, 0.15) is 5.76 Å². The van der Waals surface area contributed by atoms with E-state index in [1.165, 1.54) is 6.42 Å². The minimum Gasteiger partial charge on any atom is -0.469 e. The molecule has 2 heterocycles. The Labute approximate surface area is 83.7 Å². The van der Waals surface area contributed by atoms with Crippen LogP contribution in [-0.2, 0) is 11.2 Å². The van der Waals surface area contributed by atoms with Gasteiger partial charge in [0.25, 0.3) is 0 Å². The summed E-state index contributed by atoms with van der Waals surface area (Å²) in [5.41, 5.74) is 0. The van der Waals surface area contributed by atoms with Gasteiger partial charge in [-0.3, -0.25) is 4.79 Å². The maximum Gasteiger partial charge on any atom is 0.230 e. The average molecular weight is 193 g/mol. The van der Waals surface area contributed by atoms with Crippen LogP contribution in [0.15, 0.2) is 22.8 Å². The smallest absolute Gasteiger partial charge is 0.230 e. The third-order valence-electron chi connectivity index (χ3n) is 2.61. The van der Waals surface area contributed by atoms with E-state index in [1.807, 2.05) is 17.0 Å². The van der Waals surface area contributed by atoms with Gasteiger partial charge in [0.05, 0.1) is 12.7 Å². The normalized spacial score (nSPS) is 17.0. The van der Waals surface area contributed by atoms with Gasteiger partial charge in [0.2, 0.25) is 5.91 Å². The molecule has 1 fully saturated rings. The van der Waals surface area contributed by atoms with Crippen LogP contribution < -0.4 is 0 Å². The van der Waals surface area contributed by atoms with Crippen LogP contribution in [0.2, 0.25) is 0 Å². The van der Waals surface area contributed by atoms with Gasteiger partial charge in [-0.05, 0) is 31.4 Å². The molecule has 0 N–H and O–H groups in total. The van der Waals surface area contributed by atoms with Crippen molar-refractivity contribution in [3.63, 3.8) is 0 Å². The molecule has 0 bridgehead atoms. The highest BCUT2D eigenvalue weighted by molar-refractivity contribution is 5.78. The Kier molecular flexibility index (Phi) is 2.87. The zero-order valence-corrected chi connectivity index (χ0v) is 8.24. The molecule has 0 aliphatic carbocycles. The Hall–Kier alpha value is -1.25. The van der Waals surface area contributed by atoms with Crippen molar-refractivity contribution in [2.45, 2.75) is 25.7 Å². The van der Waals surface area contributed by atoms with Crippen LogP contribution in [0.25, 0.3) is 0 Å². The minimum absolute atomic E-state index is 0.194. The molecule has 1 aliphatic heterocycles. The number of carbonyl (C=O) groups excluding carboxylic acids is 1. The molecule has 2 rings (SSSR count). The molecule has 76 valence electrons. The van der Waals surface area contributed by atoms with Gasteiger partial charge in [-0.15, -0.1) is 0 Å². The fraction of sp³-hybridized carbons (Fsp3) is 0.545. The topological polar surface area (TPSA) is 33.5 Å². The second-order valence-electron chi connectivity index (χ2n) is 3.70. The van der Waals surface area contributed by atoms with Gasteiger partial charge in [0.15, 0.2) is 0 Å². The molecule has 0 saturated carbocycles. The summed E-state index contributed by atoms with van der Waals surface area (Å²) in [6, 6.07) is 3.67. The highest BCUT2D eigenvalue weighted by atomic mass is 16.3. The van der Waals surface area contributed by atoms with Crippen LogP contribution in [0.5, 0.6) is 0 Å². The zero-order chi connectivity index (χ0) is 9.80.